The lowest BCUT2D eigenvalue weighted by Gasteiger charge is -2.34. The highest BCUT2D eigenvalue weighted by Crippen LogP contribution is 2.24. The quantitative estimate of drug-likeness (QED) is 0.397. The summed E-state index contributed by atoms with van der Waals surface area (Å²) in [5, 5.41) is 6.33. The largest absolute Gasteiger partial charge is 0.369 e. The van der Waals surface area contributed by atoms with Gasteiger partial charge in [0.2, 0.25) is 0 Å². The van der Waals surface area contributed by atoms with Crippen LogP contribution in [0.1, 0.15) is 16.2 Å². The van der Waals surface area contributed by atoms with E-state index in [1.807, 2.05) is 73.7 Å². The molecule has 0 bridgehead atoms. The third kappa shape index (κ3) is 5.70. The lowest BCUT2D eigenvalue weighted by molar-refractivity contribution is 0.102. The van der Waals surface area contributed by atoms with Gasteiger partial charge in [-0.2, -0.15) is 0 Å². The van der Waals surface area contributed by atoms with E-state index in [1.165, 1.54) is 5.69 Å². The molecule has 0 radical (unpaired) electrons. The number of nitrogens with one attached hydrogen (secondary N) is 2. The number of anilines is 4. The van der Waals surface area contributed by atoms with E-state index in [9.17, 15) is 4.79 Å². The van der Waals surface area contributed by atoms with E-state index in [0.29, 0.717) is 17.2 Å². The molecule has 0 unspecified atom stereocenters. The molecule has 1 saturated heterocycles. The minimum Gasteiger partial charge on any atom is -0.369 e. The van der Waals surface area contributed by atoms with Crippen molar-refractivity contribution in [1.82, 2.24) is 14.9 Å². The van der Waals surface area contributed by atoms with Gasteiger partial charge in [0, 0.05) is 60.4 Å². The summed E-state index contributed by atoms with van der Waals surface area (Å²) in [5.41, 5.74) is 5.18. The van der Waals surface area contributed by atoms with Gasteiger partial charge in [0.25, 0.3) is 5.91 Å². The number of carbonyl (C=O) groups is 1. The molecular weight excluding hydrogens is 448 g/mol. The fraction of sp³-hybridized carbons (Fsp3) is 0.207. The zero-order chi connectivity index (χ0) is 24.9. The number of carbonyl (C=O) groups excluding carboxylic acids is 1. The number of likely N-dealkylation sites (N-methyl/N-ethyl adjacent to an activating group) is 1. The second kappa shape index (κ2) is 10.6. The van der Waals surface area contributed by atoms with Gasteiger partial charge in [-0.15, -0.1) is 0 Å². The van der Waals surface area contributed by atoms with Gasteiger partial charge in [-0.3, -0.25) is 4.79 Å². The molecule has 3 aromatic carbocycles. The van der Waals surface area contributed by atoms with Crippen molar-refractivity contribution in [2.45, 2.75) is 6.92 Å². The van der Waals surface area contributed by atoms with Crippen LogP contribution in [0, 0.1) is 6.92 Å². The number of amides is 1. The summed E-state index contributed by atoms with van der Waals surface area (Å²) >= 11 is 0. The van der Waals surface area contributed by atoms with E-state index in [-0.39, 0.29) is 5.91 Å². The van der Waals surface area contributed by atoms with Crippen molar-refractivity contribution in [3.05, 3.63) is 96.3 Å². The van der Waals surface area contributed by atoms with E-state index in [1.54, 1.807) is 6.07 Å². The van der Waals surface area contributed by atoms with E-state index in [0.717, 1.165) is 48.8 Å². The molecule has 0 saturated carbocycles. The fourth-order valence-electron chi connectivity index (χ4n) is 4.30. The van der Waals surface area contributed by atoms with Crippen LogP contribution in [0.25, 0.3) is 11.3 Å². The molecule has 1 fully saturated rings. The molecule has 4 aromatic rings. The Morgan fingerprint density at radius 1 is 0.806 bits per heavy atom. The van der Waals surface area contributed by atoms with Crippen LogP contribution >= 0.6 is 0 Å². The summed E-state index contributed by atoms with van der Waals surface area (Å²) in [6.45, 7) is 6.02. The van der Waals surface area contributed by atoms with Gasteiger partial charge >= 0.3 is 0 Å². The summed E-state index contributed by atoms with van der Waals surface area (Å²) in [6.07, 6.45) is 0. The van der Waals surface area contributed by atoms with Gasteiger partial charge in [-0.1, -0.05) is 36.4 Å². The summed E-state index contributed by atoms with van der Waals surface area (Å²) in [4.78, 5) is 26.7. The maximum Gasteiger partial charge on any atom is 0.255 e. The van der Waals surface area contributed by atoms with Crippen LogP contribution in [-0.2, 0) is 0 Å². The molecule has 182 valence electrons. The molecular formula is C29H30N6O. The van der Waals surface area contributed by atoms with Crippen LogP contribution in [0.15, 0.2) is 84.9 Å². The molecule has 0 spiro atoms. The Morgan fingerprint density at radius 3 is 2.31 bits per heavy atom. The van der Waals surface area contributed by atoms with E-state index in [4.69, 9.17) is 0 Å². The monoisotopic (exact) mass is 478 g/mol. The predicted octanol–water partition coefficient (Wildman–Crippen LogP) is 5.20. The minimum atomic E-state index is -0.158. The Hall–Kier alpha value is -4.23. The Labute approximate surface area is 211 Å². The predicted molar refractivity (Wildman–Crippen MR) is 146 cm³/mol. The summed E-state index contributed by atoms with van der Waals surface area (Å²) in [6, 6.07) is 27.4. The minimum absolute atomic E-state index is 0.158. The average molecular weight is 479 g/mol. The van der Waals surface area contributed by atoms with Crippen molar-refractivity contribution in [3.8, 4) is 11.3 Å². The van der Waals surface area contributed by atoms with Crippen molar-refractivity contribution in [1.29, 1.82) is 0 Å². The number of piperazine rings is 1. The lowest BCUT2D eigenvalue weighted by atomic mass is 10.1. The van der Waals surface area contributed by atoms with Gasteiger partial charge in [-0.05, 0) is 56.4 Å². The second-order valence-corrected chi connectivity index (χ2v) is 9.05. The smallest absolute Gasteiger partial charge is 0.255 e. The van der Waals surface area contributed by atoms with E-state index in [2.05, 4.69) is 49.6 Å². The van der Waals surface area contributed by atoms with E-state index >= 15 is 0 Å². The van der Waals surface area contributed by atoms with Crippen LogP contribution in [0.2, 0.25) is 0 Å². The highest BCUT2D eigenvalue weighted by Gasteiger charge is 2.14. The molecule has 2 N–H and O–H groups in total. The van der Waals surface area contributed by atoms with Gasteiger partial charge in [0.05, 0.1) is 5.69 Å². The molecule has 1 aromatic heterocycles. The van der Waals surface area contributed by atoms with Crippen LogP contribution in [0.3, 0.4) is 0 Å². The highest BCUT2D eigenvalue weighted by molar-refractivity contribution is 6.05. The Kier molecular flexibility index (Phi) is 6.91. The molecule has 1 amide bonds. The number of hydrogen-bond donors (Lipinski definition) is 2. The normalized spacial score (nSPS) is 13.9. The fourth-order valence-corrected chi connectivity index (χ4v) is 4.30. The number of hydrogen-bond acceptors (Lipinski definition) is 6. The van der Waals surface area contributed by atoms with Crippen molar-refractivity contribution in [2.75, 3.05) is 48.8 Å². The molecule has 0 atom stereocenters. The molecule has 7 nitrogen and oxygen atoms in total. The van der Waals surface area contributed by atoms with Crippen LogP contribution < -0.4 is 15.5 Å². The zero-order valence-corrected chi connectivity index (χ0v) is 20.6. The molecule has 36 heavy (non-hydrogen) atoms. The first-order chi connectivity index (χ1) is 17.5. The standard InChI is InChI=1S/C29H30N6O/c1-21-30-27(22-7-4-3-5-8-22)20-28(31-21)32-25-10-6-9-23(19-25)29(36)33-24-11-13-26(14-12-24)35-17-15-34(2)16-18-35/h3-14,19-20H,15-18H2,1-2H3,(H,33,36)(H,30,31,32). The first-order valence-electron chi connectivity index (χ1n) is 12.2. The molecule has 1 aliphatic rings. The molecule has 2 heterocycles. The van der Waals surface area contributed by atoms with Gasteiger partial charge in [0.1, 0.15) is 11.6 Å². The zero-order valence-electron chi connectivity index (χ0n) is 20.6. The maximum absolute atomic E-state index is 13.0. The highest BCUT2D eigenvalue weighted by atomic mass is 16.1. The number of aryl methyl sites for hydroxylation is 1. The molecule has 7 heteroatoms. The third-order valence-electron chi connectivity index (χ3n) is 6.30. The topological polar surface area (TPSA) is 73.4 Å². The van der Waals surface area contributed by atoms with Gasteiger partial charge in [0.15, 0.2) is 0 Å². The summed E-state index contributed by atoms with van der Waals surface area (Å²) in [5.74, 6) is 1.20. The lowest BCUT2D eigenvalue weighted by Crippen LogP contribution is -2.44. The van der Waals surface area contributed by atoms with Crippen LogP contribution in [0.4, 0.5) is 22.9 Å². The third-order valence-corrected chi connectivity index (χ3v) is 6.30. The van der Waals surface area contributed by atoms with Crippen LogP contribution in [0.5, 0.6) is 0 Å². The maximum atomic E-state index is 13.0. The number of aromatic nitrogens is 2. The molecule has 5 rings (SSSR count). The Morgan fingerprint density at radius 2 is 1.56 bits per heavy atom. The van der Waals surface area contributed by atoms with Crippen molar-refractivity contribution in [3.63, 3.8) is 0 Å². The number of benzene rings is 3. The second-order valence-electron chi connectivity index (χ2n) is 9.05. The van der Waals surface area contributed by atoms with E-state index < -0.39 is 0 Å². The first-order valence-corrected chi connectivity index (χ1v) is 12.2. The molecule has 0 aliphatic carbocycles. The van der Waals surface area contributed by atoms with Gasteiger partial charge in [-0.25, -0.2) is 9.97 Å². The van der Waals surface area contributed by atoms with Crippen molar-refractivity contribution >= 4 is 28.8 Å². The van der Waals surface area contributed by atoms with Crippen molar-refractivity contribution in [2.24, 2.45) is 0 Å². The summed E-state index contributed by atoms with van der Waals surface area (Å²) < 4.78 is 0. The average Bonchev–Trinajstić information content (AvgIpc) is 2.90. The Balaban J connectivity index is 1.26. The van der Waals surface area contributed by atoms with Crippen molar-refractivity contribution < 1.29 is 4.79 Å². The van der Waals surface area contributed by atoms with Gasteiger partial charge < -0.3 is 20.4 Å². The van der Waals surface area contributed by atoms with Crippen LogP contribution in [-0.4, -0.2) is 54.0 Å². The number of rotatable bonds is 6. The SMILES string of the molecule is Cc1nc(Nc2cccc(C(=O)Nc3ccc(N4CCN(C)CC4)cc3)c2)cc(-c2ccccc2)n1. The molecule has 1 aliphatic heterocycles. The summed E-state index contributed by atoms with van der Waals surface area (Å²) in [7, 11) is 2.15. The number of nitrogens with zero attached hydrogens (tertiary/aromatic N) is 4. The Bertz CT molecular complexity index is 1330. The first kappa shape index (κ1) is 23.5.